The molecule has 0 spiro atoms. The van der Waals surface area contributed by atoms with Crippen molar-refractivity contribution in [3.63, 3.8) is 0 Å². The first kappa shape index (κ1) is 36.5. The SMILES string of the molecule is Cn1c(=O)n(C2CCC(=O)NC2=O)c2ccc(C#CCCCCCc3cn(Cc4cccc(N5C[C@H]6C[C@@H]5CN6/C=C/C(=O)c5ccccc5O)n4)nn3)cc21. The summed E-state index contributed by atoms with van der Waals surface area (Å²) in [5, 5.41) is 21.1. The molecule has 6 heterocycles. The zero-order valence-corrected chi connectivity index (χ0v) is 31.2. The number of nitrogens with one attached hydrogen (secondary N) is 1. The van der Waals surface area contributed by atoms with Crippen LogP contribution >= 0.6 is 0 Å². The van der Waals surface area contributed by atoms with Crippen molar-refractivity contribution in [2.75, 3.05) is 18.0 Å². The number of phenols is 1. The largest absolute Gasteiger partial charge is 0.507 e. The van der Waals surface area contributed by atoms with Gasteiger partial charge >= 0.3 is 5.69 Å². The van der Waals surface area contributed by atoms with Crippen molar-refractivity contribution >= 4 is 34.4 Å². The molecule has 1 unspecified atom stereocenters. The summed E-state index contributed by atoms with van der Waals surface area (Å²) in [6.07, 6.45) is 11.4. The van der Waals surface area contributed by atoms with E-state index in [9.17, 15) is 24.3 Å². The number of para-hydroxylation sites is 1. The number of amides is 2. The molecule has 14 heteroatoms. The summed E-state index contributed by atoms with van der Waals surface area (Å²) < 4.78 is 4.83. The van der Waals surface area contributed by atoms with E-state index in [-0.39, 0.29) is 29.6 Å². The van der Waals surface area contributed by atoms with Crippen LogP contribution in [0, 0.1) is 11.8 Å². The number of aryl methyl sites for hydroxylation is 2. The molecule has 3 aliphatic heterocycles. The first-order chi connectivity index (χ1) is 27.2. The summed E-state index contributed by atoms with van der Waals surface area (Å²) in [7, 11) is 1.68. The number of carbonyl (C=O) groups excluding carboxylic acids is 3. The van der Waals surface area contributed by atoms with Crippen LogP contribution in [0.4, 0.5) is 5.82 Å². The number of aromatic hydroxyl groups is 1. The molecular formula is C42H43N9O5. The number of imidazole rings is 1. The zero-order valence-electron chi connectivity index (χ0n) is 31.2. The number of imide groups is 1. The van der Waals surface area contributed by atoms with Gasteiger partial charge in [0.15, 0.2) is 5.78 Å². The van der Waals surface area contributed by atoms with Crippen molar-refractivity contribution in [3.8, 4) is 17.6 Å². The Balaban J connectivity index is 0.782. The molecule has 0 saturated carbocycles. The lowest BCUT2D eigenvalue weighted by Crippen LogP contribution is -2.44. The van der Waals surface area contributed by atoms with Crippen LogP contribution in [0.25, 0.3) is 11.0 Å². The zero-order chi connectivity index (χ0) is 38.8. The number of ketones is 1. The van der Waals surface area contributed by atoms with E-state index in [4.69, 9.17) is 4.98 Å². The molecule has 3 atom stereocenters. The standard InChI is InChI=1S/C42H43N9O5/c1-47-36-22-28(16-17-34(36)51(42(47)56)35-18-19-40(54)44-41(35)55)10-5-3-2-4-6-11-30-25-49(46-45-30)24-29-12-9-15-39(43-29)50-27-31-23-32(50)26-48(31)21-20-38(53)33-13-7-8-14-37(33)52/h7-9,12-17,20-22,25,31-32,35,52H,2-4,6,11,18-19,23-24,26-27H2,1H3,(H,44,54,55)/b21-20+/t31-,32-,35?/m1/s1. The third kappa shape index (κ3) is 7.57. The second-order valence-corrected chi connectivity index (χ2v) is 14.7. The van der Waals surface area contributed by atoms with Crippen molar-refractivity contribution in [2.45, 2.75) is 76.0 Å². The van der Waals surface area contributed by atoms with Crippen LogP contribution < -0.4 is 15.9 Å². The molecule has 286 valence electrons. The van der Waals surface area contributed by atoms with Gasteiger partial charge in [-0.1, -0.05) is 41.7 Å². The Labute approximate surface area is 323 Å². The molecule has 2 bridgehead atoms. The Morgan fingerprint density at radius 1 is 0.982 bits per heavy atom. The Morgan fingerprint density at radius 3 is 2.68 bits per heavy atom. The summed E-state index contributed by atoms with van der Waals surface area (Å²) in [6.45, 7) is 2.17. The number of rotatable bonds is 12. The highest BCUT2D eigenvalue weighted by Crippen LogP contribution is 2.34. The fraction of sp³-hybridized carbons (Fsp3) is 0.357. The number of anilines is 1. The van der Waals surface area contributed by atoms with Gasteiger partial charge in [-0.25, -0.2) is 14.5 Å². The Hall–Kier alpha value is -6.49. The van der Waals surface area contributed by atoms with Gasteiger partial charge in [0, 0.05) is 69.1 Å². The van der Waals surface area contributed by atoms with Crippen LogP contribution in [0.5, 0.6) is 5.75 Å². The Morgan fingerprint density at radius 2 is 1.86 bits per heavy atom. The number of hydrogen-bond acceptors (Lipinski definition) is 10. The number of aromatic nitrogens is 6. The molecule has 2 aromatic carbocycles. The Bertz CT molecular complexity index is 2470. The molecule has 3 aliphatic rings. The fourth-order valence-corrected chi connectivity index (χ4v) is 8.04. The van der Waals surface area contributed by atoms with E-state index >= 15 is 0 Å². The number of piperazine rings is 1. The fourth-order valence-electron chi connectivity index (χ4n) is 8.04. The van der Waals surface area contributed by atoms with Crippen LogP contribution in [0.2, 0.25) is 0 Å². The predicted octanol–water partition coefficient (Wildman–Crippen LogP) is 3.87. The van der Waals surface area contributed by atoms with Crippen LogP contribution in [-0.2, 0) is 29.6 Å². The number of pyridine rings is 1. The average molecular weight is 754 g/mol. The minimum absolute atomic E-state index is 0.00727. The molecule has 2 N–H and O–H groups in total. The molecule has 0 aliphatic carbocycles. The topological polar surface area (TPSA) is 160 Å². The first-order valence-corrected chi connectivity index (χ1v) is 19.1. The van der Waals surface area contributed by atoms with E-state index in [1.807, 2.05) is 47.4 Å². The summed E-state index contributed by atoms with van der Waals surface area (Å²) in [5.74, 6) is 6.43. The maximum absolute atomic E-state index is 13.0. The maximum Gasteiger partial charge on any atom is 0.329 e. The predicted molar refractivity (Wildman–Crippen MR) is 209 cm³/mol. The van der Waals surface area contributed by atoms with Crippen molar-refractivity contribution < 1.29 is 19.5 Å². The lowest BCUT2D eigenvalue weighted by Gasteiger charge is -2.34. The van der Waals surface area contributed by atoms with Gasteiger partial charge in [0.05, 0.1) is 34.5 Å². The van der Waals surface area contributed by atoms with Gasteiger partial charge in [0.25, 0.3) is 0 Å². The second kappa shape index (κ2) is 15.7. The lowest BCUT2D eigenvalue weighted by atomic mass is 10.1. The van der Waals surface area contributed by atoms with Crippen molar-refractivity contribution in [1.82, 2.24) is 39.3 Å². The van der Waals surface area contributed by atoms with Gasteiger partial charge in [-0.3, -0.25) is 28.8 Å². The number of piperidine rings is 1. The van der Waals surface area contributed by atoms with Gasteiger partial charge < -0.3 is 14.9 Å². The van der Waals surface area contributed by atoms with E-state index in [0.29, 0.717) is 41.6 Å². The summed E-state index contributed by atoms with van der Waals surface area (Å²) in [6, 6.07) is 18.2. The molecule has 2 amide bonds. The van der Waals surface area contributed by atoms with Crippen LogP contribution in [0.3, 0.4) is 0 Å². The van der Waals surface area contributed by atoms with Crippen LogP contribution in [0.15, 0.2) is 83.9 Å². The van der Waals surface area contributed by atoms with Gasteiger partial charge in [0.1, 0.15) is 17.6 Å². The number of phenolic OH excluding ortho intramolecular Hbond substituents is 1. The summed E-state index contributed by atoms with van der Waals surface area (Å²) in [4.78, 5) is 59.2. The average Bonchev–Trinajstić information content (AvgIpc) is 3.98. The van der Waals surface area contributed by atoms with Gasteiger partial charge in [-0.15, -0.1) is 5.10 Å². The number of hydrogen-bond donors (Lipinski definition) is 2. The molecule has 14 nitrogen and oxygen atoms in total. The molecule has 3 fully saturated rings. The third-order valence-electron chi connectivity index (χ3n) is 10.9. The van der Waals surface area contributed by atoms with E-state index in [2.05, 4.69) is 43.3 Å². The van der Waals surface area contributed by atoms with E-state index in [1.165, 1.54) is 15.2 Å². The normalized spacial score (nSPS) is 19.2. The number of likely N-dealkylation sites (tertiary alicyclic amines) is 1. The van der Waals surface area contributed by atoms with Crippen molar-refractivity contribution in [3.05, 3.63) is 112 Å². The van der Waals surface area contributed by atoms with E-state index < -0.39 is 11.9 Å². The number of unbranched alkanes of at least 4 members (excludes halogenated alkanes) is 3. The molecule has 3 saturated heterocycles. The number of benzene rings is 2. The quantitative estimate of drug-likeness (QED) is 0.0630. The molecule has 3 aromatic heterocycles. The minimum Gasteiger partial charge on any atom is -0.507 e. The van der Waals surface area contributed by atoms with Gasteiger partial charge in [-0.2, -0.15) is 0 Å². The van der Waals surface area contributed by atoms with E-state index in [0.717, 1.165) is 74.4 Å². The number of nitrogens with zero attached hydrogens (tertiary/aromatic N) is 8. The highest BCUT2D eigenvalue weighted by Gasteiger charge is 2.42. The van der Waals surface area contributed by atoms with Crippen LogP contribution in [-0.4, -0.2) is 81.9 Å². The van der Waals surface area contributed by atoms with E-state index in [1.54, 1.807) is 31.3 Å². The summed E-state index contributed by atoms with van der Waals surface area (Å²) >= 11 is 0. The molecule has 0 radical (unpaired) electrons. The highest BCUT2D eigenvalue weighted by atomic mass is 16.3. The van der Waals surface area contributed by atoms with Gasteiger partial charge in [-0.05, 0) is 74.6 Å². The first-order valence-electron chi connectivity index (χ1n) is 19.1. The number of allylic oxidation sites excluding steroid dienone is 1. The molecular weight excluding hydrogens is 711 g/mol. The van der Waals surface area contributed by atoms with Gasteiger partial charge in [0.2, 0.25) is 11.8 Å². The van der Waals surface area contributed by atoms with Crippen molar-refractivity contribution in [1.29, 1.82) is 0 Å². The number of carbonyl (C=O) groups is 3. The number of fused-ring (bicyclic) bond motifs is 3. The minimum atomic E-state index is -0.710. The van der Waals surface area contributed by atoms with Crippen molar-refractivity contribution in [2.24, 2.45) is 7.05 Å². The maximum atomic E-state index is 13.0. The third-order valence-corrected chi connectivity index (χ3v) is 10.9. The Kier molecular flexibility index (Phi) is 10.2. The second-order valence-electron chi connectivity index (χ2n) is 14.7. The van der Waals surface area contributed by atoms with Crippen LogP contribution in [0.1, 0.15) is 78.3 Å². The highest BCUT2D eigenvalue weighted by molar-refractivity contribution is 6.06. The monoisotopic (exact) mass is 753 g/mol. The lowest BCUT2D eigenvalue weighted by molar-refractivity contribution is -0.135. The molecule has 5 aromatic rings. The summed E-state index contributed by atoms with van der Waals surface area (Å²) in [5.41, 5.74) is 4.02. The molecule has 8 rings (SSSR count). The smallest absolute Gasteiger partial charge is 0.329 e. The molecule has 56 heavy (non-hydrogen) atoms.